The van der Waals surface area contributed by atoms with Gasteiger partial charge in [0.05, 0.1) is 18.8 Å². The Bertz CT molecular complexity index is 799. The van der Waals surface area contributed by atoms with Gasteiger partial charge in [0.1, 0.15) is 11.5 Å². The molecule has 0 amide bonds. The summed E-state index contributed by atoms with van der Waals surface area (Å²) in [6.45, 7) is 2.46. The number of rotatable bonds is 6. The van der Waals surface area contributed by atoms with Gasteiger partial charge in [-0.2, -0.15) is 0 Å². The highest BCUT2D eigenvalue weighted by Crippen LogP contribution is 2.29. The summed E-state index contributed by atoms with van der Waals surface area (Å²) in [6.07, 6.45) is 0. The van der Waals surface area contributed by atoms with Crippen molar-refractivity contribution >= 4 is 11.6 Å². The molecule has 2 aromatic carbocycles. The summed E-state index contributed by atoms with van der Waals surface area (Å²) in [6, 6.07) is 17.7. The average molecular weight is 343 g/mol. The molecule has 1 aromatic heterocycles. The molecule has 0 unspecified atom stereocenters. The fourth-order valence-electron chi connectivity index (χ4n) is 2.62. The standard InChI is InChI=1S/C19H19ClN2O2/c1-13-11-15(22-24-13)12-21-19(17-5-3-4-6-18(17)20)14-7-9-16(23-2)10-8-14/h3-11,19,21H,12H2,1-2H3/t19-/m1/s1. The van der Waals surface area contributed by atoms with Crippen LogP contribution in [0.25, 0.3) is 0 Å². The van der Waals surface area contributed by atoms with E-state index in [0.717, 1.165) is 33.4 Å². The lowest BCUT2D eigenvalue weighted by Gasteiger charge is -2.20. The molecular weight excluding hydrogens is 324 g/mol. The summed E-state index contributed by atoms with van der Waals surface area (Å²) in [5.74, 6) is 1.62. The summed E-state index contributed by atoms with van der Waals surface area (Å²) in [5, 5.41) is 8.27. The second kappa shape index (κ2) is 7.51. The third-order valence-electron chi connectivity index (χ3n) is 3.83. The van der Waals surface area contributed by atoms with Gasteiger partial charge in [0.25, 0.3) is 0 Å². The SMILES string of the molecule is COc1ccc([C@@H](NCc2cc(C)on2)c2ccccc2Cl)cc1. The molecule has 4 nitrogen and oxygen atoms in total. The van der Waals surface area contributed by atoms with Gasteiger partial charge in [-0.05, 0) is 36.2 Å². The number of aromatic nitrogens is 1. The van der Waals surface area contributed by atoms with Crippen LogP contribution in [0.2, 0.25) is 5.02 Å². The molecular formula is C19H19ClN2O2. The normalized spacial score (nSPS) is 12.1. The molecule has 0 saturated carbocycles. The first-order chi connectivity index (χ1) is 11.7. The van der Waals surface area contributed by atoms with E-state index in [2.05, 4.69) is 10.5 Å². The molecule has 1 heterocycles. The Morgan fingerprint density at radius 1 is 1.17 bits per heavy atom. The second-order valence-corrected chi connectivity index (χ2v) is 5.94. The van der Waals surface area contributed by atoms with Crippen molar-refractivity contribution in [1.82, 2.24) is 10.5 Å². The molecule has 1 N–H and O–H groups in total. The third-order valence-corrected chi connectivity index (χ3v) is 4.17. The van der Waals surface area contributed by atoms with Crippen LogP contribution in [0.3, 0.4) is 0 Å². The van der Waals surface area contributed by atoms with E-state index in [0.29, 0.717) is 6.54 Å². The van der Waals surface area contributed by atoms with Crippen molar-refractivity contribution in [1.29, 1.82) is 0 Å². The van der Waals surface area contributed by atoms with E-state index in [1.54, 1.807) is 7.11 Å². The Labute approximate surface area is 146 Å². The summed E-state index contributed by atoms with van der Waals surface area (Å²) in [7, 11) is 1.66. The van der Waals surface area contributed by atoms with E-state index in [1.165, 1.54) is 0 Å². The lowest BCUT2D eigenvalue weighted by Crippen LogP contribution is -2.22. The summed E-state index contributed by atoms with van der Waals surface area (Å²) < 4.78 is 10.4. The third kappa shape index (κ3) is 3.78. The fourth-order valence-corrected chi connectivity index (χ4v) is 2.87. The fraction of sp³-hybridized carbons (Fsp3) is 0.211. The van der Waals surface area contributed by atoms with E-state index in [4.69, 9.17) is 20.9 Å². The topological polar surface area (TPSA) is 47.3 Å². The van der Waals surface area contributed by atoms with Crippen LogP contribution < -0.4 is 10.1 Å². The lowest BCUT2D eigenvalue weighted by molar-refractivity contribution is 0.387. The first-order valence-corrected chi connectivity index (χ1v) is 8.09. The number of benzene rings is 2. The minimum Gasteiger partial charge on any atom is -0.497 e. The van der Waals surface area contributed by atoms with Gasteiger partial charge in [0, 0.05) is 17.6 Å². The van der Waals surface area contributed by atoms with Gasteiger partial charge in [-0.15, -0.1) is 0 Å². The number of ether oxygens (including phenoxy) is 1. The molecule has 0 radical (unpaired) electrons. The largest absolute Gasteiger partial charge is 0.497 e. The smallest absolute Gasteiger partial charge is 0.133 e. The minimum absolute atomic E-state index is 0.0541. The Kier molecular flexibility index (Phi) is 5.18. The lowest BCUT2D eigenvalue weighted by atomic mass is 9.98. The minimum atomic E-state index is -0.0541. The molecule has 124 valence electrons. The maximum absolute atomic E-state index is 6.41. The Hall–Kier alpha value is -2.30. The predicted molar refractivity (Wildman–Crippen MR) is 94.4 cm³/mol. The molecule has 0 bridgehead atoms. The van der Waals surface area contributed by atoms with Crippen molar-refractivity contribution in [3.8, 4) is 5.75 Å². The highest BCUT2D eigenvalue weighted by atomic mass is 35.5. The van der Waals surface area contributed by atoms with E-state index < -0.39 is 0 Å². The van der Waals surface area contributed by atoms with Gasteiger partial charge < -0.3 is 14.6 Å². The Morgan fingerprint density at radius 3 is 2.54 bits per heavy atom. The molecule has 0 saturated heterocycles. The van der Waals surface area contributed by atoms with Gasteiger partial charge in [0.2, 0.25) is 0 Å². The summed E-state index contributed by atoms with van der Waals surface area (Å²) >= 11 is 6.41. The molecule has 0 spiro atoms. The van der Waals surface area contributed by atoms with Gasteiger partial charge in [-0.3, -0.25) is 0 Å². The van der Waals surface area contributed by atoms with Gasteiger partial charge in [-0.1, -0.05) is 47.1 Å². The molecule has 0 fully saturated rings. The number of hydrogen-bond donors (Lipinski definition) is 1. The maximum Gasteiger partial charge on any atom is 0.133 e. The van der Waals surface area contributed by atoms with E-state index in [-0.39, 0.29) is 6.04 Å². The Morgan fingerprint density at radius 2 is 1.92 bits per heavy atom. The number of methoxy groups -OCH3 is 1. The van der Waals surface area contributed by atoms with E-state index >= 15 is 0 Å². The molecule has 3 aromatic rings. The maximum atomic E-state index is 6.41. The molecule has 3 rings (SSSR count). The van der Waals surface area contributed by atoms with Crippen molar-refractivity contribution < 1.29 is 9.26 Å². The van der Waals surface area contributed by atoms with Gasteiger partial charge in [0.15, 0.2) is 0 Å². The summed E-state index contributed by atoms with van der Waals surface area (Å²) in [4.78, 5) is 0. The predicted octanol–water partition coefficient (Wildman–Crippen LogP) is 4.52. The van der Waals surface area contributed by atoms with Crippen LogP contribution in [0.15, 0.2) is 59.1 Å². The zero-order valence-electron chi connectivity index (χ0n) is 13.6. The van der Waals surface area contributed by atoms with Crippen LogP contribution in [0.1, 0.15) is 28.6 Å². The second-order valence-electron chi connectivity index (χ2n) is 5.54. The molecule has 0 aliphatic rings. The molecule has 24 heavy (non-hydrogen) atoms. The number of nitrogens with one attached hydrogen (secondary N) is 1. The van der Waals surface area contributed by atoms with Crippen molar-refractivity contribution in [3.63, 3.8) is 0 Å². The number of halogens is 1. The van der Waals surface area contributed by atoms with Crippen molar-refractivity contribution in [2.24, 2.45) is 0 Å². The highest BCUT2D eigenvalue weighted by Gasteiger charge is 2.17. The Balaban J connectivity index is 1.89. The van der Waals surface area contributed by atoms with Crippen molar-refractivity contribution in [2.75, 3.05) is 7.11 Å². The average Bonchev–Trinajstić information content (AvgIpc) is 3.02. The molecule has 1 atom stereocenters. The van der Waals surface area contributed by atoms with Crippen molar-refractivity contribution in [2.45, 2.75) is 19.5 Å². The highest BCUT2D eigenvalue weighted by molar-refractivity contribution is 6.31. The number of hydrogen-bond acceptors (Lipinski definition) is 4. The quantitative estimate of drug-likeness (QED) is 0.715. The van der Waals surface area contributed by atoms with Crippen LogP contribution in [-0.4, -0.2) is 12.3 Å². The van der Waals surface area contributed by atoms with Crippen LogP contribution >= 0.6 is 11.6 Å². The van der Waals surface area contributed by atoms with Gasteiger partial charge in [-0.25, -0.2) is 0 Å². The first-order valence-electron chi connectivity index (χ1n) is 7.71. The molecule has 0 aliphatic heterocycles. The van der Waals surface area contributed by atoms with Crippen LogP contribution in [0.5, 0.6) is 5.75 Å². The number of nitrogens with zero attached hydrogens (tertiary/aromatic N) is 1. The van der Waals surface area contributed by atoms with E-state index in [1.807, 2.05) is 61.5 Å². The van der Waals surface area contributed by atoms with E-state index in [9.17, 15) is 0 Å². The zero-order valence-corrected chi connectivity index (χ0v) is 14.4. The molecule has 0 aliphatic carbocycles. The first kappa shape index (κ1) is 16.6. The number of aryl methyl sites for hydroxylation is 1. The van der Waals surface area contributed by atoms with Crippen LogP contribution in [0.4, 0.5) is 0 Å². The zero-order chi connectivity index (χ0) is 16.9. The van der Waals surface area contributed by atoms with Crippen LogP contribution in [0, 0.1) is 6.92 Å². The monoisotopic (exact) mass is 342 g/mol. The van der Waals surface area contributed by atoms with Crippen LogP contribution in [-0.2, 0) is 6.54 Å². The summed E-state index contributed by atoms with van der Waals surface area (Å²) in [5.41, 5.74) is 2.98. The van der Waals surface area contributed by atoms with Gasteiger partial charge >= 0.3 is 0 Å². The van der Waals surface area contributed by atoms with Crippen molar-refractivity contribution in [3.05, 3.63) is 82.2 Å². The molecule has 5 heteroatoms.